The van der Waals surface area contributed by atoms with Crippen molar-refractivity contribution in [3.63, 3.8) is 0 Å². The molecule has 3 N–H and O–H groups in total. The summed E-state index contributed by atoms with van der Waals surface area (Å²) in [7, 11) is 1.51. The van der Waals surface area contributed by atoms with E-state index in [1.54, 1.807) is 12.1 Å². The fourth-order valence-corrected chi connectivity index (χ4v) is 1.75. The molecule has 4 heteroatoms. The van der Waals surface area contributed by atoms with Gasteiger partial charge in [0.2, 0.25) is 0 Å². The number of rotatable bonds is 3. The fraction of sp³-hybridized carbons (Fsp3) is 0.200. The molecule has 0 aromatic heterocycles. The summed E-state index contributed by atoms with van der Waals surface area (Å²) in [5.74, 6) is 0.518. The number of nitrogens with two attached hydrogens (primary N) is 1. The topological polar surface area (TPSA) is 55.5 Å². The van der Waals surface area contributed by atoms with Crippen LogP contribution in [0.2, 0.25) is 0 Å². The molecule has 0 aliphatic rings. The lowest BCUT2D eigenvalue weighted by atomic mass is 10.1. The number of hydrogen-bond donors (Lipinski definition) is 2. The average molecular weight is 305 g/mol. The summed E-state index contributed by atoms with van der Waals surface area (Å²) >= 11 is 2.14. The van der Waals surface area contributed by atoms with Crippen LogP contribution in [0.4, 0.5) is 0 Å². The number of hydrogen-bond acceptors (Lipinski definition) is 3. The molecule has 1 aromatic carbocycles. The number of halogens is 1. The Hall–Kier alpha value is -0.750. The van der Waals surface area contributed by atoms with Gasteiger partial charge in [-0.25, -0.2) is 0 Å². The van der Waals surface area contributed by atoms with Crippen LogP contribution < -0.4 is 10.5 Å². The molecule has 76 valence electrons. The highest BCUT2D eigenvalue weighted by atomic mass is 127. The molecular weight excluding hydrogens is 293 g/mol. The first-order valence-corrected chi connectivity index (χ1v) is 5.12. The first-order chi connectivity index (χ1) is 6.60. The number of benzene rings is 1. The lowest BCUT2D eigenvalue weighted by Crippen LogP contribution is -2.07. The molecule has 0 aliphatic carbocycles. The van der Waals surface area contributed by atoms with Gasteiger partial charge in [0.15, 0.2) is 11.5 Å². The lowest BCUT2D eigenvalue weighted by molar-refractivity contribution is 0.369. The van der Waals surface area contributed by atoms with Crippen molar-refractivity contribution >= 4 is 22.6 Å². The smallest absolute Gasteiger partial charge is 0.162 e. The van der Waals surface area contributed by atoms with Crippen LogP contribution in [0.5, 0.6) is 11.5 Å². The number of methoxy groups -OCH3 is 1. The Morgan fingerprint density at radius 1 is 1.64 bits per heavy atom. The SMILES string of the molecule is C=C[C@H](N)c1cc(I)cc(OC)c1O. The van der Waals surface area contributed by atoms with Crippen molar-refractivity contribution in [2.24, 2.45) is 5.73 Å². The summed E-state index contributed by atoms with van der Waals surface area (Å²) in [4.78, 5) is 0. The molecule has 1 rings (SSSR count). The molecule has 0 heterocycles. The van der Waals surface area contributed by atoms with Gasteiger partial charge in [0.1, 0.15) is 0 Å². The Bertz CT molecular complexity index is 352. The molecular formula is C10H12INO2. The van der Waals surface area contributed by atoms with Crippen molar-refractivity contribution in [3.8, 4) is 11.5 Å². The van der Waals surface area contributed by atoms with E-state index in [0.717, 1.165) is 3.57 Å². The molecule has 3 nitrogen and oxygen atoms in total. The molecule has 1 aromatic rings. The second-order valence-corrected chi connectivity index (χ2v) is 4.05. The van der Waals surface area contributed by atoms with Crippen LogP contribution in [-0.4, -0.2) is 12.2 Å². The Morgan fingerprint density at radius 2 is 2.29 bits per heavy atom. The highest BCUT2D eigenvalue weighted by Crippen LogP contribution is 2.35. The zero-order valence-electron chi connectivity index (χ0n) is 7.83. The summed E-state index contributed by atoms with van der Waals surface area (Å²) in [5.41, 5.74) is 6.38. The molecule has 0 saturated carbocycles. The van der Waals surface area contributed by atoms with E-state index in [1.807, 2.05) is 6.07 Å². The van der Waals surface area contributed by atoms with Gasteiger partial charge < -0.3 is 15.6 Å². The van der Waals surface area contributed by atoms with Crippen LogP contribution >= 0.6 is 22.6 Å². The number of phenolic OH excluding ortho intramolecular Hbond substituents is 1. The molecule has 0 spiro atoms. The molecule has 14 heavy (non-hydrogen) atoms. The third-order valence-corrected chi connectivity index (χ3v) is 2.52. The Kier molecular flexibility index (Phi) is 3.77. The van der Waals surface area contributed by atoms with Gasteiger partial charge in [0, 0.05) is 9.13 Å². The maximum atomic E-state index is 9.76. The van der Waals surface area contributed by atoms with Crippen LogP contribution in [0.25, 0.3) is 0 Å². The second-order valence-electron chi connectivity index (χ2n) is 2.81. The third-order valence-electron chi connectivity index (χ3n) is 1.90. The van der Waals surface area contributed by atoms with Crippen molar-refractivity contribution < 1.29 is 9.84 Å². The third kappa shape index (κ3) is 2.19. The van der Waals surface area contributed by atoms with Gasteiger partial charge in [-0.2, -0.15) is 0 Å². The summed E-state index contributed by atoms with van der Waals surface area (Å²) in [6.45, 7) is 3.58. The Labute approximate surface area is 96.7 Å². The summed E-state index contributed by atoms with van der Waals surface area (Å²) in [5, 5.41) is 9.76. The second kappa shape index (κ2) is 4.65. The van der Waals surface area contributed by atoms with Gasteiger partial charge in [0.05, 0.1) is 13.2 Å². The van der Waals surface area contributed by atoms with Crippen LogP contribution in [0.1, 0.15) is 11.6 Å². The predicted molar refractivity (Wildman–Crippen MR) is 64.5 cm³/mol. The minimum absolute atomic E-state index is 0.0836. The highest BCUT2D eigenvalue weighted by Gasteiger charge is 2.13. The largest absolute Gasteiger partial charge is 0.504 e. The molecule has 0 unspecified atom stereocenters. The van der Waals surface area contributed by atoms with Crippen LogP contribution in [-0.2, 0) is 0 Å². The molecule has 1 atom stereocenters. The van der Waals surface area contributed by atoms with Crippen LogP contribution in [0.15, 0.2) is 24.8 Å². The van der Waals surface area contributed by atoms with Gasteiger partial charge in [0.25, 0.3) is 0 Å². The van der Waals surface area contributed by atoms with Gasteiger partial charge >= 0.3 is 0 Å². The molecule has 0 fully saturated rings. The molecule has 0 radical (unpaired) electrons. The monoisotopic (exact) mass is 305 g/mol. The first-order valence-electron chi connectivity index (χ1n) is 4.04. The minimum atomic E-state index is -0.376. The van der Waals surface area contributed by atoms with Crippen molar-refractivity contribution in [2.75, 3.05) is 7.11 Å². The van der Waals surface area contributed by atoms with Crippen molar-refractivity contribution in [2.45, 2.75) is 6.04 Å². The zero-order chi connectivity index (χ0) is 10.7. The van der Waals surface area contributed by atoms with Crippen LogP contribution in [0.3, 0.4) is 0 Å². The predicted octanol–water partition coefficient (Wildman–Crippen LogP) is 2.19. The van der Waals surface area contributed by atoms with E-state index in [1.165, 1.54) is 7.11 Å². The standard InChI is InChI=1S/C10H12INO2/c1-3-8(12)7-4-6(11)5-9(14-2)10(7)13/h3-5,8,13H,1,12H2,2H3/t8-/m0/s1. The summed E-state index contributed by atoms with van der Waals surface area (Å²) in [6, 6.07) is 3.18. The average Bonchev–Trinajstić information content (AvgIpc) is 2.19. The molecule has 0 bridgehead atoms. The zero-order valence-corrected chi connectivity index (χ0v) is 9.98. The molecule has 0 saturated heterocycles. The summed E-state index contributed by atoms with van der Waals surface area (Å²) in [6.07, 6.45) is 1.57. The van der Waals surface area contributed by atoms with E-state index in [4.69, 9.17) is 10.5 Å². The first kappa shape index (κ1) is 11.3. The van der Waals surface area contributed by atoms with E-state index in [9.17, 15) is 5.11 Å². The fourth-order valence-electron chi connectivity index (χ4n) is 1.13. The number of aromatic hydroxyl groups is 1. The maximum Gasteiger partial charge on any atom is 0.162 e. The molecule has 0 aliphatic heterocycles. The number of ether oxygens (including phenoxy) is 1. The van der Waals surface area contributed by atoms with Crippen molar-refractivity contribution in [1.82, 2.24) is 0 Å². The van der Waals surface area contributed by atoms with Gasteiger partial charge in [-0.1, -0.05) is 6.08 Å². The number of phenols is 1. The quantitative estimate of drug-likeness (QED) is 0.665. The summed E-state index contributed by atoms with van der Waals surface area (Å²) < 4.78 is 5.98. The van der Waals surface area contributed by atoms with Crippen molar-refractivity contribution in [1.29, 1.82) is 0 Å². The lowest BCUT2D eigenvalue weighted by Gasteiger charge is -2.12. The minimum Gasteiger partial charge on any atom is -0.504 e. The van der Waals surface area contributed by atoms with Crippen molar-refractivity contribution in [3.05, 3.63) is 33.9 Å². The Balaban J connectivity index is 3.28. The van der Waals surface area contributed by atoms with Crippen LogP contribution in [0, 0.1) is 3.57 Å². The van der Waals surface area contributed by atoms with E-state index in [-0.39, 0.29) is 11.8 Å². The maximum absolute atomic E-state index is 9.76. The normalized spacial score (nSPS) is 12.2. The van der Waals surface area contributed by atoms with E-state index in [0.29, 0.717) is 11.3 Å². The van der Waals surface area contributed by atoms with E-state index < -0.39 is 0 Å². The molecule has 0 amide bonds. The van der Waals surface area contributed by atoms with Gasteiger partial charge in [-0.05, 0) is 34.7 Å². The van der Waals surface area contributed by atoms with Gasteiger partial charge in [-0.3, -0.25) is 0 Å². The van der Waals surface area contributed by atoms with E-state index in [2.05, 4.69) is 29.2 Å². The Morgan fingerprint density at radius 3 is 2.79 bits per heavy atom. The van der Waals surface area contributed by atoms with E-state index >= 15 is 0 Å². The van der Waals surface area contributed by atoms with Gasteiger partial charge in [-0.15, -0.1) is 6.58 Å². The highest BCUT2D eigenvalue weighted by molar-refractivity contribution is 14.1.